The van der Waals surface area contributed by atoms with Crippen molar-refractivity contribution in [1.82, 2.24) is 4.98 Å². The highest BCUT2D eigenvalue weighted by atomic mass is 19.1. The number of methoxy groups -OCH3 is 1. The van der Waals surface area contributed by atoms with Crippen molar-refractivity contribution in [3.8, 4) is 5.75 Å². The van der Waals surface area contributed by atoms with Crippen LogP contribution in [0.3, 0.4) is 0 Å². The zero-order valence-corrected chi connectivity index (χ0v) is 11.3. The van der Waals surface area contributed by atoms with Crippen LogP contribution in [0.5, 0.6) is 5.75 Å². The van der Waals surface area contributed by atoms with Crippen molar-refractivity contribution in [2.24, 2.45) is 0 Å². The molecular weight excluding hydrogens is 261 g/mol. The summed E-state index contributed by atoms with van der Waals surface area (Å²) in [6, 6.07) is 4.35. The molecule has 0 aliphatic carbocycles. The zero-order valence-electron chi connectivity index (χ0n) is 11.3. The Morgan fingerprint density at radius 1 is 1.45 bits per heavy atom. The number of pyridine rings is 1. The Hall–Kier alpha value is -2.43. The van der Waals surface area contributed by atoms with Gasteiger partial charge in [0.05, 0.1) is 25.0 Å². The molecule has 2 rings (SSSR count). The average molecular weight is 275 g/mol. The Bertz CT molecular complexity index is 682. The van der Waals surface area contributed by atoms with Gasteiger partial charge in [-0.25, -0.2) is 14.2 Å². The van der Waals surface area contributed by atoms with E-state index in [2.05, 4.69) is 11.6 Å². The van der Waals surface area contributed by atoms with E-state index in [1.54, 1.807) is 6.92 Å². The van der Waals surface area contributed by atoms with Crippen molar-refractivity contribution in [3.05, 3.63) is 41.9 Å². The minimum atomic E-state index is -0.504. The molecule has 0 spiro atoms. The van der Waals surface area contributed by atoms with E-state index in [1.165, 1.54) is 31.4 Å². The number of hydrogen-bond acceptors (Lipinski definition) is 4. The Morgan fingerprint density at radius 2 is 2.20 bits per heavy atom. The lowest BCUT2D eigenvalue weighted by molar-refractivity contribution is 0.0526. The number of nitrogens with zero attached hydrogens (tertiary/aromatic N) is 1. The summed E-state index contributed by atoms with van der Waals surface area (Å²) in [6.07, 6.45) is 1.33. The maximum atomic E-state index is 13.7. The number of rotatable bonds is 4. The molecule has 0 aliphatic heterocycles. The first-order valence-corrected chi connectivity index (χ1v) is 6.08. The summed E-state index contributed by atoms with van der Waals surface area (Å²) >= 11 is 0. The molecule has 0 bridgehead atoms. The summed E-state index contributed by atoms with van der Waals surface area (Å²) in [7, 11) is 1.46. The van der Waals surface area contributed by atoms with Crippen LogP contribution in [0.25, 0.3) is 17.0 Å². The van der Waals surface area contributed by atoms with Crippen LogP contribution < -0.4 is 4.74 Å². The molecule has 0 radical (unpaired) electrons. The molecule has 0 fully saturated rings. The van der Waals surface area contributed by atoms with Crippen LogP contribution in [0.4, 0.5) is 4.39 Å². The van der Waals surface area contributed by atoms with Crippen LogP contribution in [0.1, 0.15) is 23.0 Å². The number of esters is 1. The Balaban J connectivity index is 2.67. The highest BCUT2D eigenvalue weighted by molar-refractivity contribution is 5.97. The molecule has 0 atom stereocenters. The van der Waals surface area contributed by atoms with Gasteiger partial charge >= 0.3 is 5.97 Å². The second kappa shape index (κ2) is 5.69. The number of aromatic nitrogens is 1. The zero-order chi connectivity index (χ0) is 14.7. The lowest BCUT2D eigenvalue weighted by atomic mass is 10.1. The molecular formula is C15H14FNO3. The quantitative estimate of drug-likeness (QED) is 0.804. The van der Waals surface area contributed by atoms with Crippen molar-refractivity contribution < 1.29 is 18.7 Å². The summed E-state index contributed by atoms with van der Waals surface area (Å²) < 4.78 is 23.9. The van der Waals surface area contributed by atoms with Crippen LogP contribution in [0.15, 0.2) is 24.8 Å². The second-order valence-corrected chi connectivity index (χ2v) is 4.03. The largest absolute Gasteiger partial charge is 0.494 e. The fourth-order valence-electron chi connectivity index (χ4n) is 1.87. The van der Waals surface area contributed by atoms with E-state index in [-0.39, 0.29) is 12.3 Å². The third kappa shape index (κ3) is 2.47. The maximum Gasteiger partial charge on any atom is 0.338 e. The standard InChI is InChI=1S/C15H14FNO3/c1-4-12-11(16)7-9-6-10(15(18)20-5-2)8-13(19-3)14(9)17-12/h4,6-8H,1,5H2,2-3H3. The summed E-state index contributed by atoms with van der Waals surface area (Å²) in [6.45, 7) is 5.49. The van der Waals surface area contributed by atoms with Crippen molar-refractivity contribution >= 4 is 22.9 Å². The fraction of sp³-hybridized carbons (Fsp3) is 0.200. The van der Waals surface area contributed by atoms with Crippen molar-refractivity contribution in [1.29, 1.82) is 0 Å². The Morgan fingerprint density at radius 3 is 2.80 bits per heavy atom. The smallest absolute Gasteiger partial charge is 0.338 e. The summed E-state index contributed by atoms with van der Waals surface area (Å²) in [5, 5.41) is 0.468. The molecule has 1 aromatic carbocycles. The number of fused-ring (bicyclic) bond motifs is 1. The minimum absolute atomic E-state index is 0.139. The Kier molecular flexibility index (Phi) is 3.98. The van der Waals surface area contributed by atoms with Crippen molar-refractivity contribution in [2.45, 2.75) is 6.92 Å². The average Bonchev–Trinajstić information content (AvgIpc) is 2.45. The number of ether oxygens (including phenoxy) is 2. The van der Waals surface area contributed by atoms with Gasteiger partial charge in [-0.1, -0.05) is 6.58 Å². The molecule has 0 saturated carbocycles. The minimum Gasteiger partial charge on any atom is -0.494 e. The first-order valence-electron chi connectivity index (χ1n) is 6.08. The predicted molar refractivity (Wildman–Crippen MR) is 74.3 cm³/mol. The Labute approximate surface area is 115 Å². The van der Waals surface area contributed by atoms with Gasteiger partial charge < -0.3 is 9.47 Å². The lowest BCUT2D eigenvalue weighted by Crippen LogP contribution is -2.05. The van der Waals surface area contributed by atoms with Crippen LogP contribution >= 0.6 is 0 Å². The van der Waals surface area contributed by atoms with E-state index in [9.17, 15) is 9.18 Å². The second-order valence-electron chi connectivity index (χ2n) is 4.03. The molecule has 1 aromatic heterocycles. The number of hydrogen-bond donors (Lipinski definition) is 0. The number of carbonyl (C=O) groups excluding carboxylic acids is 1. The normalized spacial score (nSPS) is 10.3. The summed E-state index contributed by atoms with van der Waals surface area (Å²) in [4.78, 5) is 15.9. The van der Waals surface area contributed by atoms with Gasteiger partial charge in [0.15, 0.2) is 0 Å². The molecule has 5 heteroatoms. The monoisotopic (exact) mass is 275 g/mol. The number of halogens is 1. The highest BCUT2D eigenvalue weighted by Gasteiger charge is 2.14. The van der Waals surface area contributed by atoms with Crippen LogP contribution in [0.2, 0.25) is 0 Å². The predicted octanol–water partition coefficient (Wildman–Crippen LogP) is 3.20. The SMILES string of the molecule is C=Cc1nc2c(OC)cc(C(=O)OCC)cc2cc1F. The molecule has 1 heterocycles. The van der Waals surface area contributed by atoms with E-state index in [0.29, 0.717) is 22.2 Å². The molecule has 104 valence electrons. The van der Waals surface area contributed by atoms with Gasteiger partial charge in [-0.15, -0.1) is 0 Å². The van der Waals surface area contributed by atoms with Crippen LogP contribution in [0, 0.1) is 5.82 Å². The third-order valence-electron chi connectivity index (χ3n) is 2.79. The molecule has 20 heavy (non-hydrogen) atoms. The molecule has 0 saturated heterocycles. The summed E-state index contributed by atoms with van der Waals surface area (Å²) in [5.74, 6) is -0.606. The number of carbonyl (C=O) groups is 1. The fourth-order valence-corrected chi connectivity index (χ4v) is 1.87. The molecule has 0 unspecified atom stereocenters. The third-order valence-corrected chi connectivity index (χ3v) is 2.79. The topological polar surface area (TPSA) is 48.4 Å². The summed E-state index contributed by atoms with van der Waals surface area (Å²) in [5.41, 5.74) is 0.903. The van der Waals surface area contributed by atoms with Gasteiger partial charge in [-0.05, 0) is 31.2 Å². The molecule has 0 amide bonds. The van der Waals surface area contributed by atoms with Crippen LogP contribution in [-0.2, 0) is 4.74 Å². The molecule has 0 N–H and O–H groups in total. The highest BCUT2D eigenvalue weighted by Crippen LogP contribution is 2.28. The molecule has 2 aromatic rings. The van der Waals surface area contributed by atoms with Crippen molar-refractivity contribution in [3.63, 3.8) is 0 Å². The van der Waals surface area contributed by atoms with Gasteiger partial charge in [0.2, 0.25) is 0 Å². The van der Waals surface area contributed by atoms with E-state index < -0.39 is 11.8 Å². The van der Waals surface area contributed by atoms with E-state index in [0.717, 1.165) is 0 Å². The van der Waals surface area contributed by atoms with Gasteiger partial charge in [-0.3, -0.25) is 0 Å². The van der Waals surface area contributed by atoms with E-state index in [4.69, 9.17) is 9.47 Å². The van der Waals surface area contributed by atoms with Crippen LogP contribution in [-0.4, -0.2) is 24.7 Å². The van der Waals surface area contributed by atoms with Gasteiger partial charge in [0, 0.05) is 5.39 Å². The number of benzene rings is 1. The van der Waals surface area contributed by atoms with Gasteiger partial charge in [-0.2, -0.15) is 0 Å². The molecule has 4 nitrogen and oxygen atoms in total. The van der Waals surface area contributed by atoms with E-state index >= 15 is 0 Å². The maximum absolute atomic E-state index is 13.7. The van der Waals surface area contributed by atoms with E-state index in [1.807, 2.05) is 0 Å². The van der Waals surface area contributed by atoms with Gasteiger partial charge in [0.1, 0.15) is 17.1 Å². The first-order chi connectivity index (χ1) is 9.60. The molecule has 0 aliphatic rings. The van der Waals surface area contributed by atoms with Crippen molar-refractivity contribution in [2.75, 3.05) is 13.7 Å². The first kappa shape index (κ1) is 14.0. The lowest BCUT2D eigenvalue weighted by Gasteiger charge is -2.09. The van der Waals surface area contributed by atoms with Gasteiger partial charge in [0.25, 0.3) is 0 Å².